The molecule has 0 aliphatic carbocycles. The molecule has 0 fully saturated rings. The van der Waals surface area contributed by atoms with Crippen LogP contribution in [-0.2, 0) is 4.65 Å². The molecule has 0 aromatic carbocycles. The Bertz CT molecular complexity index is 66.7. The number of carbonyl (C=O) groups is 1. The molecule has 0 bridgehead atoms. The Morgan fingerprint density at radius 2 is 2.57 bits per heavy atom. The summed E-state index contributed by atoms with van der Waals surface area (Å²) in [6, 6.07) is -0.623. The van der Waals surface area contributed by atoms with Gasteiger partial charge in [0.15, 0.2) is 0 Å². The fourth-order valence-corrected chi connectivity index (χ4v) is 0.117. The summed E-state index contributed by atoms with van der Waals surface area (Å²) >= 11 is 0. The quantitative estimate of drug-likeness (QED) is 0.430. The molecule has 0 unspecified atom stereocenters. The van der Waals surface area contributed by atoms with Crippen molar-refractivity contribution in [3.63, 3.8) is 0 Å². The fraction of sp³-hybridized carbons (Fsp3) is 0.500. The van der Waals surface area contributed by atoms with Crippen molar-refractivity contribution in [3.8, 4) is 0 Å². The van der Waals surface area contributed by atoms with Crippen molar-refractivity contribution in [1.29, 1.82) is 0 Å². The predicted octanol–water partition coefficient (Wildman–Crippen LogP) is -1.16. The number of urea groups is 1. The molecule has 0 atom stereocenters. The molecular weight excluding hydrogens is 94.8 g/mol. The van der Waals surface area contributed by atoms with Crippen molar-refractivity contribution in [1.82, 2.24) is 5.23 Å². The summed E-state index contributed by atoms with van der Waals surface area (Å²) in [6.07, 6.45) is 0. The van der Waals surface area contributed by atoms with Gasteiger partial charge in [0, 0.05) is 7.11 Å². The molecule has 5 heteroatoms. The Kier molecular flexibility index (Phi) is 3.13. The largest absolute Gasteiger partial charge is 0.439 e. The minimum atomic E-state index is -0.623. The van der Waals surface area contributed by atoms with E-state index in [1.807, 2.05) is 0 Å². The molecule has 0 heterocycles. The van der Waals surface area contributed by atoms with Crippen molar-refractivity contribution in [2.45, 2.75) is 0 Å². The first-order chi connectivity index (χ1) is 3.27. The van der Waals surface area contributed by atoms with Gasteiger partial charge in [-0.05, 0) is 0 Å². The van der Waals surface area contributed by atoms with Crippen molar-refractivity contribution in [2.24, 2.45) is 5.73 Å². The lowest BCUT2D eigenvalue weighted by molar-refractivity contribution is 0.252. The number of primary amides is 1. The van der Waals surface area contributed by atoms with Crippen molar-refractivity contribution in [2.75, 3.05) is 7.11 Å². The van der Waals surface area contributed by atoms with Crippen LogP contribution in [0.4, 0.5) is 4.79 Å². The Labute approximate surface area is 42.3 Å². The van der Waals surface area contributed by atoms with Crippen molar-refractivity contribution < 1.29 is 9.45 Å². The zero-order valence-corrected chi connectivity index (χ0v) is 3.97. The Morgan fingerprint density at radius 1 is 2.00 bits per heavy atom. The monoisotopic (exact) mass is 101 g/mol. The number of carbonyl (C=O) groups excluding carboxylic acids is 1. The second-order valence-corrected chi connectivity index (χ2v) is 0.862. The van der Waals surface area contributed by atoms with Gasteiger partial charge in [-0.25, -0.2) is 0 Å². The van der Waals surface area contributed by atoms with Crippen LogP contribution >= 0.6 is 0 Å². The molecule has 0 saturated carbocycles. The highest BCUT2D eigenvalue weighted by Gasteiger charge is 1.89. The topological polar surface area (TPSA) is 64.3 Å². The van der Waals surface area contributed by atoms with Gasteiger partial charge in [-0.2, -0.15) is 0 Å². The van der Waals surface area contributed by atoms with Crippen LogP contribution in [0.3, 0.4) is 0 Å². The molecule has 39 valence electrons. The highest BCUT2D eigenvalue weighted by Crippen LogP contribution is 1.52. The second-order valence-electron chi connectivity index (χ2n) is 0.862. The lowest BCUT2D eigenvalue weighted by Gasteiger charge is -1.91. The summed E-state index contributed by atoms with van der Waals surface area (Å²) in [4.78, 5) is 9.76. The maximum atomic E-state index is 9.76. The van der Waals surface area contributed by atoms with E-state index in [0.29, 0.717) is 0 Å². The van der Waals surface area contributed by atoms with Gasteiger partial charge in [0.05, 0.1) is 0 Å². The van der Waals surface area contributed by atoms with Crippen LogP contribution in [-0.4, -0.2) is 20.8 Å². The molecule has 0 rings (SSSR count). The van der Waals surface area contributed by atoms with Crippen LogP contribution in [0.5, 0.6) is 0 Å². The van der Waals surface area contributed by atoms with E-state index in [1.54, 1.807) is 0 Å². The van der Waals surface area contributed by atoms with Crippen LogP contribution in [0.2, 0.25) is 0 Å². The first kappa shape index (κ1) is 6.29. The second kappa shape index (κ2) is 3.48. The van der Waals surface area contributed by atoms with Gasteiger partial charge in [0.1, 0.15) is 0 Å². The van der Waals surface area contributed by atoms with E-state index in [2.05, 4.69) is 15.6 Å². The summed E-state index contributed by atoms with van der Waals surface area (Å²) in [7, 11) is 2.51. The molecule has 1 radical (unpaired) electrons. The van der Waals surface area contributed by atoms with E-state index in [9.17, 15) is 4.79 Å². The zero-order chi connectivity index (χ0) is 5.70. The van der Waals surface area contributed by atoms with Crippen LogP contribution in [0.25, 0.3) is 0 Å². The maximum Gasteiger partial charge on any atom is 0.439 e. The average molecular weight is 101 g/mol. The first-order valence-electron chi connectivity index (χ1n) is 1.68. The minimum Gasteiger partial charge on any atom is -0.422 e. The highest BCUT2D eigenvalue weighted by molar-refractivity contribution is 6.29. The van der Waals surface area contributed by atoms with E-state index in [-0.39, 0.29) is 0 Å². The SMILES string of the molecule is CO[B]NC(N)=O. The van der Waals surface area contributed by atoms with E-state index in [4.69, 9.17) is 0 Å². The molecule has 0 saturated heterocycles. The number of hydrogen-bond donors (Lipinski definition) is 2. The normalized spacial score (nSPS) is 7.57. The number of rotatable bonds is 2. The van der Waals surface area contributed by atoms with Crippen LogP contribution in [0.15, 0.2) is 0 Å². The molecule has 3 N–H and O–H groups in total. The molecule has 2 amide bonds. The molecule has 0 aromatic heterocycles. The number of hydrogen-bond acceptors (Lipinski definition) is 2. The van der Waals surface area contributed by atoms with Crippen LogP contribution < -0.4 is 11.0 Å². The zero-order valence-electron chi connectivity index (χ0n) is 3.97. The summed E-state index contributed by atoms with van der Waals surface area (Å²) in [5, 5.41) is 2.09. The highest BCUT2D eigenvalue weighted by atomic mass is 16.4. The van der Waals surface area contributed by atoms with Gasteiger partial charge in [0.2, 0.25) is 0 Å². The Hall–Kier alpha value is -0.705. The van der Waals surface area contributed by atoms with Gasteiger partial charge in [0.25, 0.3) is 0 Å². The van der Waals surface area contributed by atoms with Gasteiger partial charge in [-0.1, -0.05) is 0 Å². The summed E-state index contributed by atoms with van der Waals surface area (Å²) in [6.45, 7) is 0. The van der Waals surface area contributed by atoms with Crippen molar-refractivity contribution in [3.05, 3.63) is 0 Å². The number of nitrogens with two attached hydrogens (primary N) is 1. The third kappa shape index (κ3) is 5.29. The van der Waals surface area contributed by atoms with Crippen molar-refractivity contribution >= 4 is 13.6 Å². The smallest absolute Gasteiger partial charge is 0.422 e. The first-order valence-corrected chi connectivity index (χ1v) is 1.68. The molecular formula is C2H6BN2O2. The van der Waals surface area contributed by atoms with Gasteiger partial charge in [-0.15, -0.1) is 0 Å². The number of amides is 2. The third-order valence-electron chi connectivity index (χ3n) is 0.319. The van der Waals surface area contributed by atoms with Crippen LogP contribution in [0.1, 0.15) is 0 Å². The fourth-order valence-electron chi connectivity index (χ4n) is 0.117. The van der Waals surface area contributed by atoms with E-state index in [0.717, 1.165) is 7.62 Å². The molecule has 0 spiro atoms. The lowest BCUT2D eigenvalue weighted by atomic mass is 10.3. The molecule has 0 aromatic rings. The van der Waals surface area contributed by atoms with Gasteiger partial charge < -0.3 is 15.6 Å². The summed E-state index contributed by atoms with van der Waals surface area (Å²) < 4.78 is 4.32. The van der Waals surface area contributed by atoms with E-state index >= 15 is 0 Å². The average Bonchev–Trinajstić information content (AvgIpc) is 1.61. The Morgan fingerprint density at radius 3 is 2.71 bits per heavy atom. The standard InChI is InChI=1S/C2H6BN2O2/c1-7-3-5-2(4)6/h1H3,(H3,4,5,6). The number of nitrogens with one attached hydrogen (secondary N) is 1. The lowest BCUT2D eigenvalue weighted by Crippen LogP contribution is -2.33. The van der Waals surface area contributed by atoms with E-state index in [1.165, 1.54) is 7.11 Å². The third-order valence-corrected chi connectivity index (χ3v) is 0.319. The molecule has 4 nitrogen and oxygen atoms in total. The molecule has 0 aliphatic heterocycles. The minimum absolute atomic E-state index is 0.623. The summed E-state index contributed by atoms with van der Waals surface area (Å²) in [5.41, 5.74) is 4.62. The maximum absolute atomic E-state index is 9.76. The van der Waals surface area contributed by atoms with E-state index < -0.39 is 6.03 Å². The Balaban J connectivity index is 2.82. The van der Waals surface area contributed by atoms with Crippen LogP contribution in [0, 0.1) is 0 Å². The molecule has 0 aliphatic rings. The molecule has 7 heavy (non-hydrogen) atoms. The van der Waals surface area contributed by atoms with Gasteiger partial charge >= 0.3 is 13.6 Å². The van der Waals surface area contributed by atoms with Gasteiger partial charge in [-0.3, -0.25) is 4.79 Å². The summed E-state index contributed by atoms with van der Waals surface area (Å²) in [5.74, 6) is 0. The predicted molar refractivity (Wildman–Crippen MR) is 25.5 cm³/mol.